The van der Waals surface area contributed by atoms with Gasteiger partial charge in [0.25, 0.3) is 5.78 Å². The third-order valence-corrected chi connectivity index (χ3v) is 7.62. The van der Waals surface area contributed by atoms with E-state index in [2.05, 4.69) is 20.8 Å². The Morgan fingerprint density at radius 2 is 1.56 bits per heavy atom. The second kappa shape index (κ2) is 8.71. The number of carbonyl (C=O) groups excluding carboxylic acids is 2. The van der Waals surface area contributed by atoms with Gasteiger partial charge in [0.1, 0.15) is 5.76 Å². The number of ketones is 1. The normalized spacial score (nSPS) is 17.8. The molecule has 1 N–H and O–H groups in total. The van der Waals surface area contributed by atoms with E-state index < -0.39 is 17.7 Å². The van der Waals surface area contributed by atoms with Crippen LogP contribution in [0.3, 0.4) is 0 Å². The number of hydrogen-bond acceptors (Lipinski definition) is 5. The van der Waals surface area contributed by atoms with Crippen LogP contribution < -0.4 is 4.90 Å². The van der Waals surface area contributed by atoms with Gasteiger partial charge in [-0.3, -0.25) is 14.5 Å². The molecule has 0 radical (unpaired) electrons. The highest BCUT2D eigenvalue weighted by Gasteiger charge is 2.48. The molecule has 0 spiro atoms. The van der Waals surface area contributed by atoms with E-state index in [-0.39, 0.29) is 16.7 Å². The van der Waals surface area contributed by atoms with Crippen molar-refractivity contribution in [3.05, 3.63) is 100 Å². The van der Waals surface area contributed by atoms with Crippen LogP contribution >= 0.6 is 11.3 Å². The first-order valence-corrected chi connectivity index (χ1v) is 12.7. The summed E-state index contributed by atoms with van der Waals surface area (Å²) in [7, 11) is 0. The summed E-state index contributed by atoms with van der Waals surface area (Å²) in [5.41, 5.74) is 5.29. The molecule has 1 atom stereocenters. The maximum atomic E-state index is 13.5. The molecular weight excluding hydrogens is 468 g/mol. The quantitative estimate of drug-likeness (QED) is 0.192. The average Bonchev–Trinajstić information content (AvgIpc) is 3.36. The first-order chi connectivity index (χ1) is 17.0. The van der Waals surface area contributed by atoms with Crippen LogP contribution in [0.15, 0.2) is 72.3 Å². The van der Waals surface area contributed by atoms with Crippen molar-refractivity contribution in [3.8, 4) is 0 Å². The second-order valence-corrected chi connectivity index (χ2v) is 11.4. The average molecular weight is 497 g/mol. The van der Waals surface area contributed by atoms with Crippen LogP contribution in [0.5, 0.6) is 0 Å². The Kier molecular flexibility index (Phi) is 5.80. The predicted octanol–water partition coefficient (Wildman–Crippen LogP) is 6.84. The summed E-state index contributed by atoms with van der Waals surface area (Å²) in [5.74, 6) is -1.59. The molecule has 1 aromatic heterocycles. The first kappa shape index (κ1) is 23.9. The van der Waals surface area contributed by atoms with Crippen LogP contribution in [0.4, 0.5) is 5.13 Å². The van der Waals surface area contributed by atoms with E-state index in [0.29, 0.717) is 10.7 Å². The third-order valence-electron chi connectivity index (χ3n) is 6.60. The molecule has 0 bridgehead atoms. The molecule has 1 saturated heterocycles. The van der Waals surface area contributed by atoms with Crippen LogP contribution in [0, 0.1) is 13.8 Å². The molecular formula is C30H28N2O3S. The van der Waals surface area contributed by atoms with E-state index in [0.717, 1.165) is 32.5 Å². The number of aliphatic hydroxyl groups excluding tert-OH is 1. The molecule has 2 heterocycles. The molecule has 1 aliphatic heterocycles. The minimum Gasteiger partial charge on any atom is -0.507 e. The summed E-state index contributed by atoms with van der Waals surface area (Å²) in [4.78, 5) is 33.0. The summed E-state index contributed by atoms with van der Waals surface area (Å²) in [5, 5.41) is 11.8. The molecule has 1 aliphatic rings. The number of benzene rings is 3. The van der Waals surface area contributed by atoms with Crippen molar-refractivity contribution in [2.24, 2.45) is 0 Å². The van der Waals surface area contributed by atoms with Crippen LogP contribution in [-0.4, -0.2) is 21.8 Å². The SMILES string of the molecule is Cc1ccc(/C(O)=C2/C(=O)C(=O)N(c3nc4ccc(C)cc4s3)C2c2ccc(C(C)(C)C)cc2)cc1. The Morgan fingerprint density at radius 1 is 0.917 bits per heavy atom. The molecule has 4 aromatic rings. The molecule has 0 aliphatic carbocycles. The largest absolute Gasteiger partial charge is 0.507 e. The van der Waals surface area contributed by atoms with Gasteiger partial charge in [-0.15, -0.1) is 0 Å². The lowest BCUT2D eigenvalue weighted by Crippen LogP contribution is -2.29. The molecule has 182 valence electrons. The highest BCUT2D eigenvalue weighted by Crippen LogP contribution is 2.44. The van der Waals surface area contributed by atoms with Crippen molar-refractivity contribution in [1.82, 2.24) is 4.98 Å². The Hall–Kier alpha value is -3.77. The van der Waals surface area contributed by atoms with Crippen molar-refractivity contribution < 1.29 is 14.7 Å². The first-order valence-electron chi connectivity index (χ1n) is 11.9. The number of thiazole rings is 1. The number of nitrogens with zero attached hydrogens (tertiary/aromatic N) is 2. The Bertz CT molecular complexity index is 1520. The van der Waals surface area contributed by atoms with Crippen molar-refractivity contribution in [2.45, 2.75) is 46.1 Å². The Balaban J connectivity index is 1.71. The van der Waals surface area contributed by atoms with E-state index in [9.17, 15) is 14.7 Å². The summed E-state index contributed by atoms with van der Waals surface area (Å²) >= 11 is 1.37. The van der Waals surface area contributed by atoms with E-state index in [1.165, 1.54) is 16.2 Å². The van der Waals surface area contributed by atoms with Gasteiger partial charge in [0, 0.05) is 5.56 Å². The number of carbonyl (C=O) groups is 2. The topological polar surface area (TPSA) is 70.5 Å². The zero-order valence-electron chi connectivity index (χ0n) is 21.0. The maximum Gasteiger partial charge on any atom is 0.301 e. The lowest BCUT2D eigenvalue weighted by molar-refractivity contribution is -0.132. The number of hydrogen-bond donors (Lipinski definition) is 1. The summed E-state index contributed by atoms with van der Waals surface area (Å²) in [6.07, 6.45) is 0. The van der Waals surface area contributed by atoms with Gasteiger partial charge in [0.05, 0.1) is 21.8 Å². The van der Waals surface area contributed by atoms with Crippen molar-refractivity contribution in [3.63, 3.8) is 0 Å². The summed E-state index contributed by atoms with van der Waals surface area (Å²) in [6.45, 7) is 10.4. The zero-order valence-corrected chi connectivity index (χ0v) is 21.8. The molecule has 3 aromatic carbocycles. The maximum absolute atomic E-state index is 13.5. The number of anilines is 1. The van der Waals surface area contributed by atoms with Gasteiger partial charge in [-0.05, 0) is 48.1 Å². The zero-order chi connectivity index (χ0) is 25.8. The van der Waals surface area contributed by atoms with Crippen LogP contribution in [0.1, 0.15) is 54.6 Å². The van der Waals surface area contributed by atoms with Crippen LogP contribution in [0.2, 0.25) is 0 Å². The Morgan fingerprint density at radius 3 is 2.19 bits per heavy atom. The summed E-state index contributed by atoms with van der Waals surface area (Å²) < 4.78 is 0.937. The van der Waals surface area contributed by atoms with Crippen LogP contribution in [-0.2, 0) is 15.0 Å². The number of amides is 1. The minimum absolute atomic E-state index is 0.0485. The third kappa shape index (κ3) is 4.11. The molecule has 1 unspecified atom stereocenters. The highest BCUT2D eigenvalue weighted by atomic mass is 32.1. The van der Waals surface area contributed by atoms with Gasteiger partial charge in [-0.1, -0.05) is 92.3 Å². The number of fused-ring (bicyclic) bond motifs is 1. The minimum atomic E-state index is -0.790. The standard InChI is InChI=1S/C30H28N2O3S/c1-17-6-9-20(10-7-17)26(33)24-25(19-11-13-21(14-12-19)30(3,4)5)32(28(35)27(24)34)29-31-22-15-8-18(2)16-23(22)36-29/h6-16,25,33H,1-5H3/b26-24-. The smallest absolute Gasteiger partial charge is 0.301 e. The van der Waals surface area contributed by atoms with E-state index in [1.807, 2.05) is 68.4 Å². The van der Waals surface area contributed by atoms with Gasteiger partial charge in [0.15, 0.2) is 5.13 Å². The lowest BCUT2D eigenvalue weighted by Gasteiger charge is -2.24. The lowest BCUT2D eigenvalue weighted by atomic mass is 9.85. The molecule has 1 fully saturated rings. The van der Waals surface area contributed by atoms with E-state index in [1.54, 1.807) is 12.1 Å². The van der Waals surface area contributed by atoms with Gasteiger partial charge in [-0.2, -0.15) is 0 Å². The van der Waals surface area contributed by atoms with E-state index >= 15 is 0 Å². The fourth-order valence-corrected chi connectivity index (χ4v) is 5.59. The fourth-order valence-electron chi connectivity index (χ4n) is 4.50. The monoisotopic (exact) mass is 496 g/mol. The van der Waals surface area contributed by atoms with Gasteiger partial charge >= 0.3 is 5.91 Å². The van der Waals surface area contributed by atoms with Gasteiger partial charge < -0.3 is 5.11 Å². The molecule has 5 rings (SSSR count). The van der Waals surface area contributed by atoms with Gasteiger partial charge in [-0.25, -0.2) is 4.98 Å². The Labute approximate surface area is 214 Å². The number of aliphatic hydroxyl groups is 1. The highest BCUT2D eigenvalue weighted by molar-refractivity contribution is 7.22. The van der Waals surface area contributed by atoms with Crippen molar-refractivity contribution in [1.29, 1.82) is 0 Å². The van der Waals surface area contributed by atoms with Crippen molar-refractivity contribution >= 4 is 44.1 Å². The number of rotatable bonds is 3. The molecule has 1 amide bonds. The second-order valence-electron chi connectivity index (χ2n) is 10.4. The molecule has 6 heteroatoms. The number of Topliss-reactive ketones (excluding diaryl/α,β-unsaturated/α-hetero) is 1. The predicted molar refractivity (Wildman–Crippen MR) is 145 cm³/mol. The molecule has 36 heavy (non-hydrogen) atoms. The van der Waals surface area contributed by atoms with Crippen LogP contribution in [0.25, 0.3) is 16.0 Å². The molecule has 0 saturated carbocycles. The fraction of sp³-hybridized carbons (Fsp3) is 0.233. The van der Waals surface area contributed by atoms with Gasteiger partial charge in [0.2, 0.25) is 0 Å². The number of aryl methyl sites for hydroxylation is 2. The summed E-state index contributed by atoms with van der Waals surface area (Å²) in [6, 6.07) is 20.3. The molecule has 5 nitrogen and oxygen atoms in total. The van der Waals surface area contributed by atoms with E-state index in [4.69, 9.17) is 4.98 Å². The van der Waals surface area contributed by atoms with Crippen molar-refractivity contribution in [2.75, 3.05) is 4.90 Å². The number of aromatic nitrogens is 1.